The summed E-state index contributed by atoms with van der Waals surface area (Å²) in [6.45, 7) is 7.74. The summed E-state index contributed by atoms with van der Waals surface area (Å²) in [5, 5.41) is 3.65. The van der Waals surface area contributed by atoms with Crippen LogP contribution in [0.15, 0.2) is 18.2 Å². The smallest absolute Gasteiger partial charge is 0.126 e. The summed E-state index contributed by atoms with van der Waals surface area (Å²) >= 11 is 0. The van der Waals surface area contributed by atoms with E-state index in [0.717, 1.165) is 31.4 Å². The Hall–Kier alpha value is -0.890. The molecule has 1 aromatic carbocycles. The normalized spacial score (nSPS) is 20.2. The average molecular weight is 249 g/mol. The van der Waals surface area contributed by atoms with Gasteiger partial charge in [0.15, 0.2) is 0 Å². The van der Waals surface area contributed by atoms with Crippen LogP contribution in [0.25, 0.3) is 0 Å². The third-order valence-corrected chi connectivity index (χ3v) is 4.04. The number of benzene rings is 1. The van der Waals surface area contributed by atoms with Crippen LogP contribution in [0.4, 0.5) is 4.39 Å². The van der Waals surface area contributed by atoms with Gasteiger partial charge in [0.05, 0.1) is 0 Å². The van der Waals surface area contributed by atoms with E-state index in [9.17, 15) is 4.39 Å². The van der Waals surface area contributed by atoms with E-state index in [4.69, 9.17) is 0 Å². The Labute approximate surface area is 110 Å². The largest absolute Gasteiger partial charge is 0.313 e. The highest BCUT2D eigenvalue weighted by atomic mass is 19.1. The number of nitrogens with one attached hydrogen (secondary N) is 1. The molecule has 0 amide bonds. The lowest BCUT2D eigenvalue weighted by atomic mass is 9.86. The maximum atomic E-state index is 13.8. The second-order valence-corrected chi connectivity index (χ2v) is 5.68. The van der Waals surface area contributed by atoms with E-state index in [1.165, 1.54) is 5.56 Å². The molecule has 0 saturated heterocycles. The van der Waals surface area contributed by atoms with E-state index in [-0.39, 0.29) is 5.82 Å². The molecular weight excluding hydrogens is 225 g/mol. The van der Waals surface area contributed by atoms with Crippen molar-refractivity contribution in [3.63, 3.8) is 0 Å². The molecule has 1 N–H and O–H groups in total. The van der Waals surface area contributed by atoms with Crippen molar-refractivity contribution in [2.24, 2.45) is 5.92 Å². The van der Waals surface area contributed by atoms with Gasteiger partial charge in [0, 0.05) is 12.0 Å². The predicted octanol–water partition coefficient (Wildman–Crippen LogP) is 3.88. The number of hydrogen-bond donors (Lipinski definition) is 1. The van der Waals surface area contributed by atoms with Gasteiger partial charge in [-0.05, 0) is 48.9 Å². The van der Waals surface area contributed by atoms with Gasteiger partial charge in [0.2, 0.25) is 0 Å². The van der Waals surface area contributed by atoms with Crippen molar-refractivity contribution in [2.45, 2.75) is 52.0 Å². The lowest BCUT2D eigenvalue weighted by molar-refractivity contribution is 0.340. The lowest BCUT2D eigenvalue weighted by Crippen LogP contribution is -2.39. The second kappa shape index (κ2) is 5.83. The summed E-state index contributed by atoms with van der Waals surface area (Å²) < 4.78 is 13.8. The molecule has 1 aliphatic carbocycles. The van der Waals surface area contributed by atoms with Crippen LogP contribution in [0.3, 0.4) is 0 Å². The van der Waals surface area contributed by atoms with Crippen LogP contribution in [0.1, 0.15) is 50.7 Å². The summed E-state index contributed by atoms with van der Waals surface area (Å²) in [5.41, 5.74) is 2.18. The van der Waals surface area contributed by atoms with Gasteiger partial charge in [-0.25, -0.2) is 4.39 Å². The first-order valence-electron chi connectivity index (χ1n) is 7.15. The van der Waals surface area contributed by atoms with Crippen molar-refractivity contribution in [1.82, 2.24) is 5.32 Å². The van der Waals surface area contributed by atoms with Gasteiger partial charge in [-0.3, -0.25) is 0 Å². The van der Waals surface area contributed by atoms with Crippen LogP contribution in [-0.2, 0) is 6.42 Å². The SMILES string of the molecule is CCCNC(C(C)C)C1CCc2c(F)cccc21. The Balaban J connectivity index is 2.22. The van der Waals surface area contributed by atoms with Gasteiger partial charge in [-0.2, -0.15) is 0 Å². The molecule has 1 aromatic rings. The van der Waals surface area contributed by atoms with E-state index in [0.29, 0.717) is 17.9 Å². The zero-order valence-corrected chi connectivity index (χ0v) is 11.7. The van der Waals surface area contributed by atoms with Crippen molar-refractivity contribution in [1.29, 1.82) is 0 Å². The summed E-state index contributed by atoms with van der Waals surface area (Å²) in [4.78, 5) is 0. The topological polar surface area (TPSA) is 12.0 Å². The molecule has 1 nitrogen and oxygen atoms in total. The molecule has 0 radical (unpaired) electrons. The second-order valence-electron chi connectivity index (χ2n) is 5.68. The number of hydrogen-bond acceptors (Lipinski definition) is 1. The minimum atomic E-state index is -0.0204. The fraction of sp³-hybridized carbons (Fsp3) is 0.625. The van der Waals surface area contributed by atoms with Crippen LogP contribution >= 0.6 is 0 Å². The zero-order valence-electron chi connectivity index (χ0n) is 11.7. The Morgan fingerprint density at radius 1 is 1.39 bits per heavy atom. The highest BCUT2D eigenvalue weighted by Gasteiger charge is 2.32. The minimum Gasteiger partial charge on any atom is -0.313 e. The Morgan fingerprint density at radius 2 is 2.17 bits per heavy atom. The summed E-state index contributed by atoms with van der Waals surface area (Å²) in [6, 6.07) is 6.02. The molecule has 2 heteroatoms. The minimum absolute atomic E-state index is 0.0204. The highest BCUT2D eigenvalue weighted by Crippen LogP contribution is 2.38. The van der Waals surface area contributed by atoms with Crippen LogP contribution < -0.4 is 5.32 Å². The van der Waals surface area contributed by atoms with Crippen LogP contribution in [0.2, 0.25) is 0 Å². The quantitative estimate of drug-likeness (QED) is 0.835. The van der Waals surface area contributed by atoms with Gasteiger partial charge < -0.3 is 5.32 Å². The molecule has 1 aliphatic rings. The molecule has 2 atom stereocenters. The summed E-state index contributed by atoms with van der Waals surface area (Å²) in [7, 11) is 0. The van der Waals surface area contributed by atoms with Crippen LogP contribution in [-0.4, -0.2) is 12.6 Å². The van der Waals surface area contributed by atoms with Crippen molar-refractivity contribution in [2.75, 3.05) is 6.54 Å². The zero-order chi connectivity index (χ0) is 13.1. The molecule has 0 aliphatic heterocycles. The van der Waals surface area contributed by atoms with Gasteiger partial charge >= 0.3 is 0 Å². The monoisotopic (exact) mass is 249 g/mol. The fourth-order valence-electron chi connectivity index (χ4n) is 3.17. The first-order valence-corrected chi connectivity index (χ1v) is 7.15. The van der Waals surface area contributed by atoms with Gasteiger partial charge in [0.25, 0.3) is 0 Å². The van der Waals surface area contributed by atoms with E-state index >= 15 is 0 Å². The molecule has 0 heterocycles. The van der Waals surface area contributed by atoms with E-state index < -0.39 is 0 Å². The maximum Gasteiger partial charge on any atom is 0.126 e. The number of halogens is 1. The highest BCUT2D eigenvalue weighted by molar-refractivity contribution is 5.37. The van der Waals surface area contributed by atoms with Gasteiger partial charge in [-0.1, -0.05) is 32.9 Å². The molecular formula is C16H24FN. The fourth-order valence-corrected chi connectivity index (χ4v) is 3.17. The van der Waals surface area contributed by atoms with E-state index in [1.807, 2.05) is 6.07 Å². The van der Waals surface area contributed by atoms with Gasteiger partial charge in [0.1, 0.15) is 5.82 Å². The van der Waals surface area contributed by atoms with Crippen molar-refractivity contribution >= 4 is 0 Å². The summed E-state index contributed by atoms with van der Waals surface area (Å²) in [5.74, 6) is 1.03. The van der Waals surface area contributed by atoms with Crippen molar-refractivity contribution < 1.29 is 4.39 Å². The molecule has 0 fully saturated rings. The van der Waals surface area contributed by atoms with E-state index in [2.05, 4.69) is 32.2 Å². The first kappa shape index (κ1) is 13.5. The molecule has 0 saturated carbocycles. The predicted molar refractivity (Wildman–Crippen MR) is 74.4 cm³/mol. The molecule has 0 spiro atoms. The summed E-state index contributed by atoms with van der Waals surface area (Å²) in [6.07, 6.45) is 3.12. The van der Waals surface area contributed by atoms with Crippen molar-refractivity contribution in [3.8, 4) is 0 Å². The van der Waals surface area contributed by atoms with E-state index in [1.54, 1.807) is 6.07 Å². The average Bonchev–Trinajstić information content (AvgIpc) is 2.75. The van der Waals surface area contributed by atoms with Crippen LogP contribution in [0, 0.1) is 11.7 Å². The molecule has 18 heavy (non-hydrogen) atoms. The Bertz CT molecular complexity index is 400. The third-order valence-electron chi connectivity index (χ3n) is 4.04. The standard InChI is InChI=1S/C16H24FN/c1-4-10-18-16(11(2)3)14-9-8-13-12(14)6-5-7-15(13)17/h5-7,11,14,16,18H,4,8-10H2,1-3H3. The van der Waals surface area contributed by atoms with Crippen LogP contribution in [0.5, 0.6) is 0 Å². The maximum absolute atomic E-state index is 13.8. The molecule has 0 bridgehead atoms. The van der Waals surface area contributed by atoms with Gasteiger partial charge in [-0.15, -0.1) is 0 Å². The molecule has 100 valence electrons. The number of rotatable bonds is 5. The molecule has 2 rings (SSSR count). The Morgan fingerprint density at radius 3 is 2.83 bits per heavy atom. The molecule has 2 unspecified atom stereocenters. The molecule has 0 aromatic heterocycles. The number of fused-ring (bicyclic) bond motifs is 1. The third kappa shape index (κ3) is 2.59. The Kier molecular flexibility index (Phi) is 4.39. The van der Waals surface area contributed by atoms with Crippen molar-refractivity contribution in [3.05, 3.63) is 35.1 Å². The lowest BCUT2D eigenvalue weighted by Gasteiger charge is -2.29. The first-order chi connectivity index (χ1) is 8.65.